The summed E-state index contributed by atoms with van der Waals surface area (Å²) >= 11 is 0. The van der Waals surface area contributed by atoms with Crippen molar-refractivity contribution in [1.29, 1.82) is 0 Å². The molecular formula is C13H20N2O. The van der Waals surface area contributed by atoms with Gasteiger partial charge in [-0.05, 0) is 25.5 Å². The third kappa shape index (κ3) is 2.08. The number of unbranched alkanes of at least 4 members (excludes halogenated alkanes) is 1. The summed E-state index contributed by atoms with van der Waals surface area (Å²) in [5.41, 5.74) is 7.92. The molecule has 2 N–H and O–H groups in total. The van der Waals surface area contributed by atoms with E-state index in [4.69, 9.17) is 10.5 Å². The number of anilines is 2. The van der Waals surface area contributed by atoms with Gasteiger partial charge in [-0.3, -0.25) is 0 Å². The third-order valence-electron chi connectivity index (χ3n) is 2.93. The van der Waals surface area contributed by atoms with Gasteiger partial charge in [0.15, 0.2) is 0 Å². The zero-order valence-electron chi connectivity index (χ0n) is 10.1. The van der Waals surface area contributed by atoms with Crippen molar-refractivity contribution in [1.82, 2.24) is 0 Å². The van der Waals surface area contributed by atoms with Gasteiger partial charge in [-0.2, -0.15) is 0 Å². The Morgan fingerprint density at radius 3 is 3.06 bits per heavy atom. The van der Waals surface area contributed by atoms with Crippen LogP contribution in [0, 0.1) is 0 Å². The first-order valence-electron chi connectivity index (χ1n) is 6.02. The minimum atomic E-state index is 0.242. The smallest absolute Gasteiger partial charge is 0.145 e. The molecule has 1 unspecified atom stereocenters. The molecule has 1 aromatic carbocycles. The molecule has 1 aromatic rings. The summed E-state index contributed by atoms with van der Waals surface area (Å²) in [7, 11) is 0. The maximum Gasteiger partial charge on any atom is 0.145 e. The van der Waals surface area contributed by atoms with E-state index in [1.165, 1.54) is 12.8 Å². The highest BCUT2D eigenvalue weighted by Crippen LogP contribution is 2.38. The lowest BCUT2D eigenvalue weighted by atomic mass is 10.1. The summed E-state index contributed by atoms with van der Waals surface area (Å²) in [6.07, 6.45) is 2.64. The summed E-state index contributed by atoms with van der Waals surface area (Å²) in [5, 5.41) is 0. The molecule has 0 fully saturated rings. The second-order valence-corrected chi connectivity index (χ2v) is 4.42. The Morgan fingerprint density at radius 1 is 1.50 bits per heavy atom. The first kappa shape index (κ1) is 11.1. The highest BCUT2D eigenvalue weighted by Gasteiger charge is 2.24. The molecule has 3 nitrogen and oxygen atoms in total. The van der Waals surface area contributed by atoms with Crippen LogP contribution in [0.3, 0.4) is 0 Å². The molecule has 0 bridgehead atoms. The molecule has 0 saturated carbocycles. The summed E-state index contributed by atoms with van der Waals surface area (Å²) in [4.78, 5) is 2.35. The van der Waals surface area contributed by atoms with Crippen molar-refractivity contribution < 1.29 is 4.74 Å². The molecule has 0 amide bonds. The van der Waals surface area contributed by atoms with E-state index < -0.39 is 0 Å². The van der Waals surface area contributed by atoms with Crippen LogP contribution in [-0.2, 0) is 0 Å². The standard InChI is InChI=1S/C13H20N2O/c1-3-4-8-15-9-10(2)16-12-7-5-6-11(14)13(12)15/h5-7,10H,3-4,8-9,14H2,1-2H3. The van der Waals surface area contributed by atoms with Crippen LogP contribution in [-0.4, -0.2) is 19.2 Å². The van der Waals surface area contributed by atoms with E-state index in [9.17, 15) is 0 Å². The van der Waals surface area contributed by atoms with E-state index in [-0.39, 0.29) is 6.10 Å². The number of benzene rings is 1. The van der Waals surface area contributed by atoms with E-state index in [0.717, 1.165) is 30.2 Å². The maximum atomic E-state index is 6.03. The lowest BCUT2D eigenvalue weighted by molar-refractivity contribution is 0.212. The highest BCUT2D eigenvalue weighted by molar-refractivity contribution is 5.75. The number of para-hydroxylation sites is 1. The van der Waals surface area contributed by atoms with Gasteiger partial charge < -0.3 is 15.4 Å². The van der Waals surface area contributed by atoms with E-state index in [1.807, 2.05) is 18.2 Å². The van der Waals surface area contributed by atoms with Crippen molar-refractivity contribution >= 4 is 11.4 Å². The Labute approximate surface area is 97.2 Å². The van der Waals surface area contributed by atoms with Crippen molar-refractivity contribution in [3.63, 3.8) is 0 Å². The largest absolute Gasteiger partial charge is 0.487 e. The van der Waals surface area contributed by atoms with E-state index in [1.54, 1.807) is 0 Å². The molecule has 0 spiro atoms. The zero-order chi connectivity index (χ0) is 11.5. The topological polar surface area (TPSA) is 38.5 Å². The van der Waals surface area contributed by atoms with Gasteiger partial charge in [0.1, 0.15) is 17.5 Å². The molecule has 3 heteroatoms. The van der Waals surface area contributed by atoms with E-state index >= 15 is 0 Å². The van der Waals surface area contributed by atoms with Crippen molar-refractivity contribution in [2.24, 2.45) is 0 Å². The minimum Gasteiger partial charge on any atom is -0.487 e. The van der Waals surface area contributed by atoms with Crippen LogP contribution >= 0.6 is 0 Å². The quantitative estimate of drug-likeness (QED) is 0.796. The number of hydrogen-bond acceptors (Lipinski definition) is 3. The Morgan fingerprint density at radius 2 is 2.31 bits per heavy atom. The molecule has 0 saturated heterocycles. The molecule has 0 aliphatic carbocycles. The fourth-order valence-electron chi connectivity index (χ4n) is 2.18. The number of nitrogens with two attached hydrogens (primary N) is 1. The summed E-state index contributed by atoms with van der Waals surface area (Å²) in [6.45, 7) is 6.30. The predicted molar refractivity (Wildman–Crippen MR) is 68.1 cm³/mol. The van der Waals surface area contributed by atoms with Crippen molar-refractivity contribution in [2.75, 3.05) is 23.7 Å². The van der Waals surface area contributed by atoms with Gasteiger partial charge in [-0.25, -0.2) is 0 Å². The van der Waals surface area contributed by atoms with Crippen LogP contribution in [0.4, 0.5) is 11.4 Å². The van der Waals surface area contributed by atoms with Crippen molar-refractivity contribution in [3.8, 4) is 5.75 Å². The zero-order valence-corrected chi connectivity index (χ0v) is 10.1. The molecule has 1 atom stereocenters. The van der Waals surface area contributed by atoms with Gasteiger partial charge in [-0.15, -0.1) is 0 Å². The Kier molecular flexibility index (Phi) is 3.22. The van der Waals surface area contributed by atoms with E-state index in [0.29, 0.717) is 0 Å². The fraction of sp³-hybridized carbons (Fsp3) is 0.538. The second kappa shape index (κ2) is 4.64. The first-order valence-corrected chi connectivity index (χ1v) is 6.02. The predicted octanol–water partition coefficient (Wildman–Crippen LogP) is 2.66. The normalized spacial score (nSPS) is 19.1. The Balaban J connectivity index is 2.28. The number of fused-ring (bicyclic) bond motifs is 1. The van der Waals surface area contributed by atoms with Crippen LogP contribution < -0.4 is 15.4 Å². The van der Waals surface area contributed by atoms with Crippen LogP contribution in [0.15, 0.2) is 18.2 Å². The maximum absolute atomic E-state index is 6.03. The number of ether oxygens (including phenoxy) is 1. The van der Waals surface area contributed by atoms with Crippen LogP contribution in [0.1, 0.15) is 26.7 Å². The molecule has 0 radical (unpaired) electrons. The van der Waals surface area contributed by atoms with Gasteiger partial charge in [0.25, 0.3) is 0 Å². The first-order chi connectivity index (χ1) is 7.72. The van der Waals surface area contributed by atoms with Gasteiger partial charge in [0.05, 0.1) is 12.2 Å². The van der Waals surface area contributed by atoms with Crippen LogP contribution in [0.25, 0.3) is 0 Å². The number of nitrogen functional groups attached to an aromatic ring is 1. The Hall–Kier alpha value is -1.38. The lowest BCUT2D eigenvalue weighted by Crippen LogP contribution is -2.39. The lowest BCUT2D eigenvalue weighted by Gasteiger charge is -2.35. The molecule has 88 valence electrons. The van der Waals surface area contributed by atoms with Gasteiger partial charge in [0.2, 0.25) is 0 Å². The molecule has 1 aliphatic heterocycles. The van der Waals surface area contributed by atoms with E-state index in [2.05, 4.69) is 18.7 Å². The molecular weight excluding hydrogens is 200 g/mol. The second-order valence-electron chi connectivity index (χ2n) is 4.42. The van der Waals surface area contributed by atoms with Crippen molar-refractivity contribution in [2.45, 2.75) is 32.8 Å². The van der Waals surface area contributed by atoms with Gasteiger partial charge in [-0.1, -0.05) is 19.4 Å². The number of hydrogen-bond donors (Lipinski definition) is 1. The van der Waals surface area contributed by atoms with Gasteiger partial charge >= 0.3 is 0 Å². The van der Waals surface area contributed by atoms with Crippen LogP contribution in [0.2, 0.25) is 0 Å². The SMILES string of the molecule is CCCCN1CC(C)Oc2cccc(N)c21. The summed E-state index contributed by atoms with van der Waals surface area (Å²) in [6, 6.07) is 5.89. The molecule has 1 heterocycles. The van der Waals surface area contributed by atoms with Crippen molar-refractivity contribution in [3.05, 3.63) is 18.2 Å². The van der Waals surface area contributed by atoms with Gasteiger partial charge in [0, 0.05) is 6.54 Å². The summed E-state index contributed by atoms with van der Waals surface area (Å²) in [5.74, 6) is 0.926. The monoisotopic (exact) mass is 220 g/mol. The number of nitrogens with zero attached hydrogens (tertiary/aromatic N) is 1. The van der Waals surface area contributed by atoms with Crippen LogP contribution in [0.5, 0.6) is 5.75 Å². The highest BCUT2D eigenvalue weighted by atomic mass is 16.5. The fourth-order valence-corrected chi connectivity index (χ4v) is 2.18. The Bertz CT molecular complexity index is 365. The number of rotatable bonds is 3. The molecule has 16 heavy (non-hydrogen) atoms. The average Bonchev–Trinajstić information content (AvgIpc) is 2.25. The minimum absolute atomic E-state index is 0.242. The molecule has 1 aliphatic rings. The molecule has 2 rings (SSSR count). The average molecular weight is 220 g/mol. The summed E-state index contributed by atoms with van der Waals surface area (Å²) < 4.78 is 5.80. The third-order valence-corrected chi connectivity index (χ3v) is 2.93. The molecule has 0 aromatic heterocycles.